The van der Waals surface area contributed by atoms with E-state index in [-0.39, 0.29) is 17.6 Å². The van der Waals surface area contributed by atoms with Gasteiger partial charge < -0.3 is 15.4 Å². The molecule has 0 aliphatic heterocycles. The summed E-state index contributed by atoms with van der Waals surface area (Å²) in [6, 6.07) is 28.2. The Morgan fingerprint density at radius 3 is 2.50 bits per heavy atom. The molecule has 2 N–H and O–H groups in total. The van der Waals surface area contributed by atoms with Crippen LogP contribution in [0.15, 0.2) is 95.9 Å². The molecule has 0 aliphatic rings. The van der Waals surface area contributed by atoms with Crippen molar-refractivity contribution in [1.29, 1.82) is 0 Å². The molecule has 160 valence electrons. The molecule has 2 amide bonds. The fourth-order valence-electron chi connectivity index (χ4n) is 3.30. The van der Waals surface area contributed by atoms with Crippen LogP contribution in [0.25, 0.3) is 10.8 Å². The van der Waals surface area contributed by atoms with Crippen LogP contribution < -0.4 is 15.4 Å². The summed E-state index contributed by atoms with van der Waals surface area (Å²) < 4.78 is 5.17. The van der Waals surface area contributed by atoms with E-state index in [2.05, 4.69) is 10.6 Å². The molecule has 6 heteroatoms. The first kappa shape index (κ1) is 21.5. The van der Waals surface area contributed by atoms with Crippen molar-refractivity contribution in [2.24, 2.45) is 0 Å². The number of nitrogens with one attached hydrogen (secondary N) is 2. The van der Waals surface area contributed by atoms with Gasteiger partial charge in [0.2, 0.25) is 5.91 Å². The van der Waals surface area contributed by atoms with Gasteiger partial charge in [0.15, 0.2) is 0 Å². The zero-order chi connectivity index (χ0) is 22.3. The Bertz CT molecular complexity index is 1270. The third kappa shape index (κ3) is 5.28. The van der Waals surface area contributed by atoms with Gasteiger partial charge in [0.25, 0.3) is 5.91 Å². The van der Waals surface area contributed by atoms with E-state index >= 15 is 0 Å². The molecule has 0 spiro atoms. The average Bonchev–Trinajstić information content (AvgIpc) is 2.83. The van der Waals surface area contributed by atoms with Gasteiger partial charge in [-0.2, -0.15) is 0 Å². The molecule has 0 atom stereocenters. The van der Waals surface area contributed by atoms with Crippen LogP contribution in [0.3, 0.4) is 0 Å². The number of carbonyl (C=O) groups is 2. The van der Waals surface area contributed by atoms with Crippen molar-refractivity contribution in [3.63, 3.8) is 0 Å². The SMILES string of the molecule is COc1cccc(C(=O)Nc2cccc(SCC(=O)Nc3cccc4ccccc34)c2)c1. The van der Waals surface area contributed by atoms with Crippen LogP contribution >= 0.6 is 11.8 Å². The van der Waals surface area contributed by atoms with Gasteiger partial charge in [-0.1, -0.05) is 48.5 Å². The van der Waals surface area contributed by atoms with E-state index in [0.717, 1.165) is 21.4 Å². The van der Waals surface area contributed by atoms with Crippen molar-refractivity contribution in [2.45, 2.75) is 4.90 Å². The monoisotopic (exact) mass is 442 g/mol. The van der Waals surface area contributed by atoms with Gasteiger partial charge in [0.05, 0.1) is 12.9 Å². The maximum atomic E-state index is 12.5. The van der Waals surface area contributed by atoms with Gasteiger partial charge >= 0.3 is 0 Å². The van der Waals surface area contributed by atoms with Crippen molar-refractivity contribution in [3.8, 4) is 5.75 Å². The third-order valence-corrected chi connectivity index (χ3v) is 5.85. The zero-order valence-corrected chi connectivity index (χ0v) is 18.3. The highest BCUT2D eigenvalue weighted by molar-refractivity contribution is 8.00. The molecule has 4 aromatic carbocycles. The van der Waals surface area contributed by atoms with E-state index in [1.807, 2.05) is 66.7 Å². The zero-order valence-electron chi connectivity index (χ0n) is 17.5. The summed E-state index contributed by atoms with van der Waals surface area (Å²) in [6.45, 7) is 0. The molecule has 4 rings (SSSR count). The van der Waals surface area contributed by atoms with Crippen LogP contribution in [0.5, 0.6) is 5.75 Å². The van der Waals surface area contributed by atoms with Crippen LogP contribution in [0.2, 0.25) is 0 Å². The molecule has 0 saturated carbocycles. The van der Waals surface area contributed by atoms with Crippen molar-refractivity contribution >= 4 is 45.7 Å². The average molecular weight is 443 g/mol. The molecule has 32 heavy (non-hydrogen) atoms. The van der Waals surface area contributed by atoms with Gasteiger partial charge in [-0.05, 0) is 47.9 Å². The summed E-state index contributed by atoms with van der Waals surface area (Å²) in [7, 11) is 1.56. The smallest absolute Gasteiger partial charge is 0.255 e. The molecular formula is C26H22N2O3S. The van der Waals surface area contributed by atoms with E-state index in [9.17, 15) is 9.59 Å². The Kier molecular flexibility index (Phi) is 6.72. The number of rotatable bonds is 7. The summed E-state index contributed by atoms with van der Waals surface area (Å²) in [4.78, 5) is 25.9. The quantitative estimate of drug-likeness (QED) is 0.353. The number of benzene rings is 4. The van der Waals surface area contributed by atoms with E-state index in [4.69, 9.17) is 4.74 Å². The molecule has 0 unspecified atom stereocenters. The van der Waals surface area contributed by atoms with Gasteiger partial charge in [0.1, 0.15) is 5.75 Å². The minimum absolute atomic E-state index is 0.0860. The second-order valence-corrected chi connectivity index (χ2v) is 8.13. The Morgan fingerprint density at radius 1 is 0.844 bits per heavy atom. The number of ether oxygens (including phenoxy) is 1. The van der Waals surface area contributed by atoms with Gasteiger partial charge in [0, 0.05) is 27.2 Å². The molecule has 0 aromatic heterocycles. The number of hydrogen-bond acceptors (Lipinski definition) is 4. The van der Waals surface area contributed by atoms with Crippen molar-refractivity contribution in [3.05, 3.63) is 96.6 Å². The molecule has 0 saturated heterocycles. The Morgan fingerprint density at radius 2 is 1.62 bits per heavy atom. The summed E-state index contributed by atoms with van der Waals surface area (Å²) in [5.41, 5.74) is 1.97. The van der Waals surface area contributed by atoms with E-state index < -0.39 is 0 Å². The van der Waals surface area contributed by atoms with Crippen molar-refractivity contribution in [1.82, 2.24) is 0 Å². The lowest BCUT2D eigenvalue weighted by atomic mass is 10.1. The number of anilines is 2. The van der Waals surface area contributed by atoms with Crippen LogP contribution in [-0.4, -0.2) is 24.7 Å². The maximum absolute atomic E-state index is 12.5. The summed E-state index contributed by atoms with van der Waals surface area (Å²) >= 11 is 1.41. The minimum atomic E-state index is -0.222. The van der Waals surface area contributed by atoms with Crippen molar-refractivity contribution in [2.75, 3.05) is 23.5 Å². The lowest BCUT2D eigenvalue weighted by molar-refractivity contribution is -0.113. The number of hydrogen-bond donors (Lipinski definition) is 2. The van der Waals surface area contributed by atoms with E-state index in [0.29, 0.717) is 17.0 Å². The standard InChI is InChI=1S/C26H22N2O3S/c1-31-21-11-4-9-19(15-21)26(30)27-20-10-6-12-22(16-20)32-17-25(29)28-24-14-5-8-18-7-2-3-13-23(18)24/h2-16H,17H2,1H3,(H,27,30)(H,28,29). The largest absolute Gasteiger partial charge is 0.497 e. The summed E-state index contributed by atoms with van der Waals surface area (Å²) in [5, 5.41) is 7.97. The molecule has 0 heterocycles. The molecule has 5 nitrogen and oxygen atoms in total. The highest BCUT2D eigenvalue weighted by Crippen LogP contribution is 2.25. The molecule has 0 bridgehead atoms. The van der Waals surface area contributed by atoms with Gasteiger partial charge in [-0.15, -0.1) is 11.8 Å². The maximum Gasteiger partial charge on any atom is 0.255 e. The molecule has 4 aromatic rings. The normalized spacial score (nSPS) is 10.5. The second kappa shape index (κ2) is 10.0. The first-order valence-corrected chi connectivity index (χ1v) is 11.1. The van der Waals surface area contributed by atoms with Crippen molar-refractivity contribution < 1.29 is 14.3 Å². The van der Waals surface area contributed by atoms with Crippen LogP contribution in [-0.2, 0) is 4.79 Å². The molecule has 0 aliphatic carbocycles. The first-order chi connectivity index (χ1) is 15.6. The Balaban J connectivity index is 1.37. The lowest BCUT2D eigenvalue weighted by Gasteiger charge is -2.10. The highest BCUT2D eigenvalue weighted by Gasteiger charge is 2.09. The molecular weight excluding hydrogens is 420 g/mol. The highest BCUT2D eigenvalue weighted by atomic mass is 32.2. The van der Waals surface area contributed by atoms with Crippen LogP contribution in [0.1, 0.15) is 10.4 Å². The van der Waals surface area contributed by atoms with E-state index in [1.54, 1.807) is 31.4 Å². The number of carbonyl (C=O) groups excluding carboxylic acids is 2. The van der Waals surface area contributed by atoms with Crippen LogP contribution in [0, 0.1) is 0 Å². The number of amides is 2. The first-order valence-electron chi connectivity index (χ1n) is 10.1. The third-order valence-electron chi connectivity index (χ3n) is 4.86. The molecule has 0 fully saturated rings. The summed E-state index contributed by atoms with van der Waals surface area (Å²) in [5.74, 6) is 0.576. The lowest BCUT2D eigenvalue weighted by Crippen LogP contribution is -2.14. The topological polar surface area (TPSA) is 67.4 Å². The van der Waals surface area contributed by atoms with Gasteiger partial charge in [-0.25, -0.2) is 0 Å². The fourth-order valence-corrected chi connectivity index (χ4v) is 4.06. The molecule has 0 radical (unpaired) electrons. The van der Waals surface area contributed by atoms with Crippen LogP contribution in [0.4, 0.5) is 11.4 Å². The second-order valence-electron chi connectivity index (χ2n) is 7.08. The van der Waals surface area contributed by atoms with Gasteiger partial charge in [-0.3, -0.25) is 9.59 Å². The predicted molar refractivity (Wildman–Crippen MR) is 131 cm³/mol. The fraction of sp³-hybridized carbons (Fsp3) is 0.0769. The minimum Gasteiger partial charge on any atom is -0.497 e. The Hall–Kier alpha value is -3.77. The number of fused-ring (bicyclic) bond motifs is 1. The Labute approximate surface area is 190 Å². The number of thioether (sulfide) groups is 1. The van der Waals surface area contributed by atoms with E-state index in [1.165, 1.54) is 11.8 Å². The number of methoxy groups -OCH3 is 1. The summed E-state index contributed by atoms with van der Waals surface area (Å²) in [6.07, 6.45) is 0. The predicted octanol–water partition coefficient (Wildman–Crippen LogP) is 5.83.